The van der Waals surface area contributed by atoms with Gasteiger partial charge in [0.05, 0.1) is 10.2 Å². The van der Waals surface area contributed by atoms with Gasteiger partial charge < -0.3 is 5.32 Å². The van der Waals surface area contributed by atoms with E-state index in [9.17, 15) is 0 Å². The number of anilines is 1. The first-order valence-corrected chi connectivity index (χ1v) is 4.52. The van der Waals surface area contributed by atoms with Crippen LogP contribution >= 0.6 is 15.9 Å². The fourth-order valence-electron chi connectivity index (χ4n) is 0.796. The van der Waals surface area contributed by atoms with Crippen LogP contribution in [-0.4, -0.2) is 11.0 Å². The molecule has 1 N–H and O–H groups in total. The Kier molecular flexibility index (Phi) is 3.29. The third kappa shape index (κ3) is 2.34. The number of pyridine rings is 1. The number of nitrogens with one attached hydrogen (secondary N) is 1. The monoisotopic (exact) mass is 226 g/mol. The minimum atomic E-state index is 0.267. The molecule has 64 valence electrons. The van der Waals surface area contributed by atoms with Crippen LogP contribution < -0.4 is 5.32 Å². The van der Waals surface area contributed by atoms with Gasteiger partial charge in [0.2, 0.25) is 0 Å². The molecule has 0 fully saturated rings. The van der Waals surface area contributed by atoms with Gasteiger partial charge in [-0.25, -0.2) is 0 Å². The van der Waals surface area contributed by atoms with Gasteiger partial charge in [-0.1, -0.05) is 6.08 Å². The molecule has 0 aromatic carbocycles. The maximum Gasteiger partial charge on any atom is 0.0590 e. The summed E-state index contributed by atoms with van der Waals surface area (Å²) in [5, 5.41) is 3.25. The predicted octanol–water partition coefficient (Wildman–Crippen LogP) is 2.83. The Morgan fingerprint density at radius 1 is 1.75 bits per heavy atom. The van der Waals surface area contributed by atoms with Crippen molar-refractivity contribution in [3.63, 3.8) is 0 Å². The number of nitrogens with zero attached hydrogens (tertiary/aromatic N) is 1. The van der Waals surface area contributed by atoms with Gasteiger partial charge in [0.15, 0.2) is 0 Å². The Labute approximate surface area is 80.8 Å². The summed E-state index contributed by atoms with van der Waals surface area (Å²) in [6.45, 7) is 5.73. The molecule has 1 heterocycles. The summed E-state index contributed by atoms with van der Waals surface area (Å²) >= 11 is 3.39. The zero-order valence-corrected chi connectivity index (χ0v) is 8.51. The molecule has 1 aromatic heterocycles. The highest BCUT2D eigenvalue weighted by Gasteiger charge is 1.99. The molecular formula is C9H11BrN2. The second-order valence-electron chi connectivity index (χ2n) is 2.52. The molecule has 12 heavy (non-hydrogen) atoms. The van der Waals surface area contributed by atoms with Crippen molar-refractivity contribution >= 4 is 21.6 Å². The summed E-state index contributed by atoms with van der Waals surface area (Å²) < 4.78 is 0.971. The van der Waals surface area contributed by atoms with Crippen LogP contribution in [0.4, 0.5) is 5.69 Å². The van der Waals surface area contributed by atoms with Gasteiger partial charge in [-0.3, -0.25) is 4.98 Å². The number of hydrogen-bond acceptors (Lipinski definition) is 2. The lowest BCUT2D eigenvalue weighted by Gasteiger charge is -2.11. The minimum Gasteiger partial charge on any atom is -0.378 e. The normalized spacial score (nSPS) is 12.2. The van der Waals surface area contributed by atoms with Crippen LogP contribution in [-0.2, 0) is 0 Å². The standard InChI is InChI=1S/C9H11BrN2/c1-3-7(2)12-9-4-5-11-6-8(9)10/h3-7H,1H2,2H3,(H,11,12). The van der Waals surface area contributed by atoms with Crippen LogP contribution in [0, 0.1) is 0 Å². The Bertz CT molecular complexity index is 273. The Morgan fingerprint density at radius 2 is 2.50 bits per heavy atom. The maximum atomic E-state index is 3.97. The van der Waals surface area contributed by atoms with Gasteiger partial charge in [-0.2, -0.15) is 0 Å². The van der Waals surface area contributed by atoms with Crippen LogP contribution in [0.1, 0.15) is 6.92 Å². The summed E-state index contributed by atoms with van der Waals surface area (Å²) in [6.07, 6.45) is 5.37. The largest absolute Gasteiger partial charge is 0.378 e. The second-order valence-corrected chi connectivity index (χ2v) is 3.38. The van der Waals surface area contributed by atoms with Crippen molar-refractivity contribution in [3.8, 4) is 0 Å². The molecule has 3 heteroatoms. The lowest BCUT2D eigenvalue weighted by Crippen LogP contribution is -2.11. The van der Waals surface area contributed by atoms with Crippen molar-refractivity contribution < 1.29 is 0 Å². The quantitative estimate of drug-likeness (QED) is 0.803. The second kappa shape index (κ2) is 4.26. The van der Waals surface area contributed by atoms with E-state index in [1.807, 2.05) is 19.1 Å². The van der Waals surface area contributed by atoms with Crippen molar-refractivity contribution in [2.24, 2.45) is 0 Å². The van der Waals surface area contributed by atoms with Crippen molar-refractivity contribution in [2.45, 2.75) is 13.0 Å². The third-order valence-electron chi connectivity index (χ3n) is 1.51. The van der Waals surface area contributed by atoms with E-state index in [2.05, 4.69) is 32.8 Å². The fraction of sp³-hybridized carbons (Fsp3) is 0.222. The van der Waals surface area contributed by atoms with Gasteiger partial charge in [0, 0.05) is 18.4 Å². The first kappa shape index (κ1) is 9.26. The summed E-state index contributed by atoms with van der Waals surface area (Å²) in [5.41, 5.74) is 1.04. The average Bonchev–Trinajstić information content (AvgIpc) is 2.09. The molecule has 0 aliphatic heterocycles. The molecule has 1 rings (SSSR count). The number of aromatic nitrogens is 1. The van der Waals surface area contributed by atoms with Crippen LogP contribution in [0.25, 0.3) is 0 Å². The highest BCUT2D eigenvalue weighted by molar-refractivity contribution is 9.10. The Balaban J connectivity index is 2.75. The van der Waals surface area contributed by atoms with Crippen molar-refractivity contribution in [2.75, 3.05) is 5.32 Å². The number of hydrogen-bond donors (Lipinski definition) is 1. The lowest BCUT2D eigenvalue weighted by molar-refractivity contribution is 0.997. The molecule has 1 atom stereocenters. The van der Waals surface area contributed by atoms with Crippen LogP contribution in [0.5, 0.6) is 0 Å². The lowest BCUT2D eigenvalue weighted by atomic mass is 10.3. The summed E-state index contributed by atoms with van der Waals surface area (Å²) in [7, 11) is 0. The first-order chi connectivity index (χ1) is 5.74. The highest BCUT2D eigenvalue weighted by atomic mass is 79.9. The molecule has 1 aromatic rings. The van der Waals surface area contributed by atoms with Gasteiger partial charge in [0.1, 0.15) is 0 Å². The smallest absolute Gasteiger partial charge is 0.0590 e. The average molecular weight is 227 g/mol. The van der Waals surface area contributed by atoms with E-state index >= 15 is 0 Å². The molecule has 0 spiro atoms. The van der Waals surface area contributed by atoms with Crippen LogP contribution in [0.2, 0.25) is 0 Å². The van der Waals surface area contributed by atoms with E-state index < -0.39 is 0 Å². The van der Waals surface area contributed by atoms with Gasteiger partial charge in [0.25, 0.3) is 0 Å². The maximum absolute atomic E-state index is 3.97. The molecule has 0 saturated heterocycles. The van der Waals surface area contributed by atoms with Crippen molar-refractivity contribution in [1.82, 2.24) is 4.98 Å². The molecule has 0 amide bonds. The molecule has 0 aliphatic rings. The van der Waals surface area contributed by atoms with E-state index in [1.165, 1.54) is 0 Å². The third-order valence-corrected chi connectivity index (χ3v) is 2.14. The van der Waals surface area contributed by atoms with Gasteiger partial charge >= 0.3 is 0 Å². The number of halogens is 1. The van der Waals surface area contributed by atoms with Crippen LogP contribution in [0.15, 0.2) is 35.6 Å². The summed E-state index contributed by atoms with van der Waals surface area (Å²) in [4.78, 5) is 3.97. The molecule has 0 saturated carbocycles. The topological polar surface area (TPSA) is 24.9 Å². The van der Waals surface area contributed by atoms with Gasteiger partial charge in [-0.15, -0.1) is 6.58 Å². The van der Waals surface area contributed by atoms with E-state index in [0.717, 1.165) is 10.2 Å². The number of rotatable bonds is 3. The van der Waals surface area contributed by atoms with E-state index in [1.54, 1.807) is 12.4 Å². The van der Waals surface area contributed by atoms with Crippen LogP contribution in [0.3, 0.4) is 0 Å². The minimum absolute atomic E-state index is 0.267. The Hall–Kier alpha value is -0.830. The zero-order chi connectivity index (χ0) is 8.97. The summed E-state index contributed by atoms with van der Waals surface area (Å²) in [6, 6.07) is 2.19. The fourth-order valence-corrected chi connectivity index (χ4v) is 1.16. The van der Waals surface area contributed by atoms with E-state index in [4.69, 9.17) is 0 Å². The molecule has 0 radical (unpaired) electrons. The predicted molar refractivity (Wildman–Crippen MR) is 55.2 cm³/mol. The molecular weight excluding hydrogens is 216 g/mol. The zero-order valence-electron chi connectivity index (χ0n) is 6.92. The van der Waals surface area contributed by atoms with E-state index in [-0.39, 0.29) is 6.04 Å². The summed E-state index contributed by atoms with van der Waals surface area (Å²) in [5.74, 6) is 0. The Morgan fingerprint density at radius 3 is 3.08 bits per heavy atom. The SMILES string of the molecule is C=CC(C)Nc1ccncc1Br. The van der Waals surface area contributed by atoms with E-state index in [0.29, 0.717) is 0 Å². The molecule has 0 bridgehead atoms. The van der Waals surface area contributed by atoms with Crippen molar-refractivity contribution in [1.29, 1.82) is 0 Å². The van der Waals surface area contributed by atoms with Gasteiger partial charge in [-0.05, 0) is 28.9 Å². The van der Waals surface area contributed by atoms with Crippen molar-refractivity contribution in [3.05, 3.63) is 35.6 Å². The first-order valence-electron chi connectivity index (χ1n) is 3.72. The molecule has 0 aliphatic carbocycles. The highest BCUT2D eigenvalue weighted by Crippen LogP contribution is 2.20. The molecule has 2 nitrogen and oxygen atoms in total. The molecule has 1 unspecified atom stereocenters.